The van der Waals surface area contributed by atoms with E-state index in [0.29, 0.717) is 18.6 Å². The van der Waals surface area contributed by atoms with Crippen LogP contribution in [0.3, 0.4) is 0 Å². The highest BCUT2D eigenvalue weighted by Crippen LogP contribution is 2.11. The second kappa shape index (κ2) is 7.65. The molecule has 0 aromatic heterocycles. The van der Waals surface area contributed by atoms with Crippen molar-refractivity contribution >= 4 is 11.9 Å². The topological polar surface area (TPSA) is 75.6 Å². The number of nitrogens with one attached hydrogen (secondary N) is 1. The summed E-state index contributed by atoms with van der Waals surface area (Å²) < 4.78 is 5.01. The molecular weight excluding hydrogens is 258 g/mol. The van der Waals surface area contributed by atoms with Gasteiger partial charge in [0.05, 0.1) is 6.61 Å². The average molecular weight is 279 g/mol. The van der Waals surface area contributed by atoms with Gasteiger partial charge in [0.1, 0.15) is 6.04 Å². The average Bonchev–Trinajstić information content (AvgIpc) is 2.44. The molecule has 0 saturated carbocycles. The molecule has 0 heterocycles. The fourth-order valence-electron chi connectivity index (χ4n) is 1.88. The molecule has 0 bridgehead atoms. The van der Waals surface area contributed by atoms with Gasteiger partial charge in [-0.1, -0.05) is 32.4 Å². The largest absolute Gasteiger partial charge is 0.480 e. The Bertz CT molecular complexity index is 473. The summed E-state index contributed by atoms with van der Waals surface area (Å²) in [7, 11) is 1.58. The molecule has 5 nitrogen and oxygen atoms in total. The van der Waals surface area contributed by atoms with Crippen molar-refractivity contribution < 1.29 is 19.4 Å². The van der Waals surface area contributed by atoms with E-state index in [1.165, 1.54) is 0 Å². The molecule has 2 unspecified atom stereocenters. The number of carboxylic acids is 1. The van der Waals surface area contributed by atoms with E-state index in [1.807, 2.05) is 13.0 Å². The summed E-state index contributed by atoms with van der Waals surface area (Å²) in [5, 5.41) is 11.7. The number of aliphatic carboxylic acids is 1. The van der Waals surface area contributed by atoms with Crippen molar-refractivity contribution in [2.24, 2.45) is 5.92 Å². The van der Waals surface area contributed by atoms with Gasteiger partial charge in [0.2, 0.25) is 0 Å². The molecule has 0 fully saturated rings. The van der Waals surface area contributed by atoms with Crippen molar-refractivity contribution in [2.45, 2.75) is 32.9 Å². The maximum absolute atomic E-state index is 12.1. The van der Waals surface area contributed by atoms with Crippen LogP contribution in [0.2, 0.25) is 0 Å². The molecule has 0 aliphatic heterocycles. The Labute approximate surface area is 118 Å². The van der Waals surface area contributed by atoms with Gasteiger partial charge in [0, 0.05) is 12.7 Å². The minimum absolute atomic E-state index is 0.126. The molecule has 0 aliphatic rings. The molecule has 0 radical (unpaired) electrons. The number of rotatable bonds is 7. The molecule has 2 N–H and O–H groups in total. The highest BCUT2D eigenvalue weighted by molar-refractivity contribution is 5.96. The monoisotopic (exact) mass is 279 g/mol. The van der Waals surface area contributed by atoms with Gasteiger partial charge in [-0.3, -0.25) is 4.79 Å². The third-order valence-corrected chi connectivity index (χ3v) is 3.27. The van der Waals surface area contributed by atoms with E-state index < -0.39 is 12.0 Å². The van der Waals surface area contributed by atoms with Crippen molar-refractivity contribution in [3.63, 3.8) is 0 Å². The van der Waals surface area contributed by atoms with Crippen LogP contribution in [0, 0.1) is 5.92 Å². The van der Waals surface area contributed by atoms with Gasteiger partial charge in [0.25, 0.3) is 5.91 Å². The van der Waals surface area contributed by atoms with Gasteiger partial charge in [0.15, 0.2) is 0 Å². The van der Waals surface area contributed by atoms with E-state index in [0.717, 1.165) is 5.56 Å². The van der Waals surface area contributed by atoms with Crippen molar-refractivity contribution in [3.8, 4) is 0 Å². The fourth-order valence-corrected chi connectivity index (χ4v) is 1.88. The number of carbonyl (C=O) groups is 2. The Morgan fingerprint density at radius 1 is 1.40 bits per heavy atom. The molecule has 1 aromatic rings. The van der Waals surface area contributed by atoms with Crippen molar-refractivity contribution in [1.82, 2.24) is 5.32 Å². The van der Waals surface area contributed by atoms with Gasteiger partial charge in [-0.25, -0.2) is 4.79 Å². The van der Waals surface area contributed by atoms with Crippen LogP contribution in [-0.4, -0.2) is 30.1 Å². The molecule has 20 heavy (non-hydrogen) atoms. The summed E-state index contributed by atoms with van der Waals surface area (Å²) >= 11 is 0. The quantitative estimate of drug-likeness (QED) is 0.801. The van der Waals surface area contributed by atoms with E-state index in [9.17, 15) is 14.7 Å². The Morgan fingerprint density at radius 3 is 2.65 bits per heavy atom. The number of amides is 1. The van der Waals surface area contributed by atoms with Gasteiger partial charge in [-0.2, -0.15) is 0 Å². The van der Waals surface area contributed by atoms with Gasteiger partial charge in [-0.15, -0.1) is 0 Å². The SMILES string of the molecule is CCC(C)C(NC(=O)c1cccc(COC)c1)C(=O)O. The van der Waals surface area contributed by atoms with Crippen LogP contribution in [-0.2, 0) is 16.1 Å². The van der Waals surface area contributed by atoms with Crippen LogP contribution in [0.1, 0.15) is 36.2 Å². The van der Waals surface area contributed by atoms with Crippen LogP contribution < -0.4 is 5.32 Å². The standard InChI is InChI=1S/C15H21NO4/c1-4-10(2)13(15(18)19)16-14(17)12-7-5-6-11(8-12)9-20-3/h5-8,10,13H,4,9H2,1-3H3,(H,16,17)(H,18,19). The van der Waals surface area contributed by atoms with Crippen LogP contribution in [0.5, 0.6) is 0 Å². The third kappa shape index (κ3) is 4.35. The lowest BCUT2D eigenvalue weighted by molar-refractivity contribution is -0.140. The molecule has 5 heteroatoms. The number of methoxy groups -OCH3 is 1. The molecule has 1 amide bonds. The maximum Gasteiger partial charge on any atom is 0.326 e. The van der Waals surface area contributed by atoms with E-state index in [1.54, 1.807) is 32.2 Å². The minimum atomic E-state index is -1.01. The first-order valence-electron chi connectivity index (χ1n) is 6.61. The first kappa shape index (κ1) is 16.2. The van der Waals surface area contributed by atoms with Crippen molar-refractivity contribution in [2.75, 3.05) is 7.11 Å². The van der Waals surface area contributed by atoms with E-state index in [-0.39, 0.29) is 11.8 Å². The molecule has 0 aliphatic carbocycles. The van der Waals surface area contributed by atoms with Gasteiger partial charge >= 0.3 is 5.97 Å². The van der Waals surface area contributed by atoms with E-state index in [2.05, 4.69) is 5.32 Å². The number of benzene rings is 1. The van der Waals surface area contributed by atoms with Crippen molar-refractivity contribution in [1.29, 1.82) is 0 Å². The first-order valence-corrected chi connectivity index (χ1v) is 6.61. The predicted octanol–water partition coefficient (Wildman–Crippen LogP) is 2.06. The summed E-state index contributed by atoms with van der Waals surface area (Å²) in [5.41, 5.74) is 1.31. The second-order valence-electron chi connectivity index (χ2n) is 4.81. The van der Waals surface area contributed by atoms with Crippen LogP contribution in [0.25, 0.3) is 0 Å². The first-order chi connectivity index (χ1) is 9.49. The van der Waals surface area contributed by atoms with Gasteiger partial charge in [-0.05, 0) is 23.6 Å². The highest BCUT2D eigenvalue weighted by Gasteiger charge is 2.25. The molecule has 2 atom stereocenters. The van der Waals surface area contributed by atoms with Crippen LogP contribution >= 0.6 is 0 Å². The summed E-state index contributed by atoms with van der Waals surface area (Å²) in [6, 6.07) is 6.09. The molecule has 0 saturated heterocycles. The molecular formula is C15H21NO4. The molecule has 0 spiro atoms. The number of carbonyl (C=O) groups excluding carboxylic acids is 1. The van der Waals surface area contributed by atoms with E-state index >= 15 is 0 Å². The summed E-state index contributed by atoms with van der Waals surface area (Å²) in [6.45, 7) is 4.11. The zero-order valence-electron chi connectivity index (χ0n) is 12.1. The Balaban J connectivity index is 2.83. The zero-order valence-corrected chi connectivity index (χ0v) is 12.1. The minimum Gasteiger partial charge on any atom is -0.480 e. The Hall–Kier alpha value is -1.88. The Kier molecular flexibility index (Phi) is 6.18. The summed E-state index contributed by atoms with van der Waals surface area (Å²) in [4.78, 5) is 23.3. The maximum atomic E-state index is 12.1. The lowest BCUT2D eigenvalue weighted by atomic mass is 9.99. The number of ether oxygens (including phenoxy) is 1. The smallest absolute Gasteiger partial charge is 0.326 e. The molecule has 1 aromatic carbocycles. The normalized spacial score (nSPS) is 13.6. The van der Waals surface area contributed by atoms with Gasteiger partial charge < -0.3 is 15.2 Å². The lowest BCUT2D eigenvalue weighted by Gasteiger charge is -2.20. The fraction of sp³-hybridized carbons (Fsp3) is 0.467. The molecule has 110 valence electrons. The van der Waals surface area contributed by atoms with E-state index in [4.69, 9.17) is 4.74 Å². The third-order valence-electron chi connectivity index (χ3n) is 3.27. The zero-order chi connectivity index (χ0) is 15.1. The summed E-state index contributed by atoms with van der Waals surface area (Å²) in [5.74, 6) is -1.52. The Morgan fingerprint density at radius 2 is 2.10 bits per heavy atom. The number of hydrogen-bond donors (Lipinski definition) is 2. The van der Waals surface area contributed by atoms with Crippen molar-refractivity contribution in [3.05, 3.63) is 35.4 Å². The lowest BCUT2D eigenvalue weighted by Crippen LogP contribution is -2.45. The molecule has 1 rings (SSSR count). The highest BCUT2D eigenvalue weighted by atomic mass is 16.5. The number of hydrogen-bond acceptors (Lipinski definition) is 3. The predicted molar refractivity (Wildman–Crippen MR) is 75.5 cm³/mol. The summed E-state index contributed by atoms with van der Waals surface area (Å²) in [6.07, 6.45) is 0.682. The second-order valence-corrected chi connectivity index (χ2v) is 4.81. The van der Waals surface area contributed by atoms with Crippen LogP contribution in [0.15, 0.2) is 24.3 Å². The van der Waals surface area contributed by atoms with Crippen LogP contribution in [0.4, 0.5) is 0 Å². The number of carboxylic acid groups (broad SMARTS) is 1.